The smallest absolute Gasteiger partial charge is 0.247 e. The minimum Gasteiger partial charge on any atom is -0.497 e. The van der Waals surface area contributed by atoms with Gasteiger partial charge in [0.25, 0.3) is 0 Å². The molecule has 0 unspecified atom stereocenters. The number of carbonyl (C=O) groups excluding carboxylic acids is 1. The van der Waals surface area contributed by atoms with Crippen LogP contribution in [0.4, 0.5) is 11.4 Å². The van der Waals surface area contributed by atoms with Crippen LogP contribution in [0.15, 0.2) is 48.5 Å². The number of hydrogen-bond donors (Lipinski definition) is 1. The van der Waals surface area contributed by atoms with E-state index in [9.17, 15) is 13.2 Å². The molecular weight excluding hydrogens is 366 g/mol. The second kappa shape index (κ2) is 8.56. The molecule has 0 saturated heterocycles. The van der Waals surface area contributed by atoms with Crippen LogP contribution in [0, 0.1) is 11.3 Å². The molecule has 1 amide bonds. The van der Waals surface area contributed by atoms with E-state index in [1.54, 1.807) is 48.5 Å². The highest BCUT2D eigenvalue weighted by molar-refractivity contribution is 7.92. The molecule has 1 atom stereocenters. The highest BCUT2D eigenvalue weighted by atomic mass is 32.2. The molecule has 0 aliphatic heterocycles. The predicted molar refractivity (Wildman–Crippen MR) is 104 cm³/mol. The zero-order valence-electron chi connectivity index (χ0n) is 15.3. The summed E-state index contributed by atoms with van der Waals surface area (Å²) in [4.78, 5) is 12.6. The van der Waals surface area contributed by atoms with Crippen LogP contribution in [-0.4, -0.2) is 33.7 Å². The quantitative estimate of drug-likeness (QED) is 0.787. The largest absolute Gasteiger partial charge is 0.497 e. The van der Waals surface area contributed by atoms with Crippen molar-refractivity contribution in [3.63, 3.8) is 0 Å². The third-order valence-electron chi connectivity index (χ3n) is 3.92. The van der Waals surface area contributed by atoms with Crippen LogP contribution in [0.1, 0.15) is 12.5 Å². The molecule has 8 heteroatoms. The number of anilines is 2. The first kappa shape index (κ1) is 20.3. The molecule has 0 saturated carbocycles. The van der Waals surface area contributed by atoms with Gasteiger partial charge in [-0.25, -0.2) is 8.42 Å². The minimum atomic E-state index is -3.69. The fourth-order valence-electron chi connectivity index (χ4n) is 2.58. The van der Waals surface area contributed by atoms with Crippen molar-refractivity contribution >= 4 is 27.3 Å². The monoisotopic (exact) mass is 387 g/mol. The van der Waals surface area contributed by atoms with E-state index in [0.717, 1.165) is 16.1 Å². The maximum atomic E-state index is 12.6. The van der Waals surface area contributed by atoms with Crippen molar-refractivity contribution in [1.29, 1.82) is 5.26 Å². The van der Waals surface area contributed by atoms with Gasteiger partial charge in [-0.1, -0.05) is 12.1 Å². The van der Waals surface area contributed by atoms with Crippen LogP contribution in [-0.2, 0) is 21.2 Å². The summed E-state index contributed by atoms with van der Waals surface area (Å²) in [6.07, 6.45) is 1.33. The second-order valence-corrected chi connectivity index (χ2v) is 7.81. The van der Waals surface area contributed by atoms with E-state index in [1.165, 1.54) is 14.0 Å². The van der Waals surface area contributed by atoms with E-state index in [4.69, 9.17) is 10.00 Å². The Bertz CT molecular complexity index is 932. The number of nitriles is 1. The average Bonchev–Trinajstić information content (AvgIpc) is 2.63. The number of nitrogens with zero attached hydrogens (tertiary/aromatic N) is 2. The zero-order valence-corrected chi connectivity index (χ0v) is 16.2. The lowest BCUT2D eigenvalue weighted by atomic mass is 10.1. The van der Waals surface area contributed by atoms with Crippen molar-refractivity contribution < 1.29 is 17.9 Å². The Balaban J connectivity index is 2.22. The Morgan fingerprint density at radius 1 is 1.19 bits per heavy atom. The Morgan fingerprint density at radius 3 is 2.26 bits per heavy atom. The third-order valence-corrected chi connectivity index (χ3v) is 5.16. The summed E-state index contributed by atoms with van der Waals surface area (Å²) in [6.45, 7) is 1.52. The fraction of sp³-hybridized carbons (Fsp3) is 0.263. The second-order valence-electron chi connectivity index (χ2n) is 5.95. The first-order chi connectivity index (χ1) is 12.8. The van der Waals surface area contributed by atoms with Gasteiger partial charge in [-0.05, 0) is 48.9 Å². The van der Waals surface area contributed by atoms with Gasteiger partial charge < -0.3 is 10.1 Å². The molecule has 0 aromatic heterocycles. The lowest BCUT2D eigenvalue weighted by Gasteiger charge is -2.28. The Morgan fingerprint density at radius 2 is 1.78 bits per heavy atom. The molecule has 2 rings (SSSR count). The van der Waals surface area contributed by atoms with Crippen molar-refractivity contribution in [2.75, 3.05) is 23.0 Å². The van der Waals surface area contributed by atoms with Gasteiger partial charge in [0.2, 0.25) is 15.9 Å². The lowest BCUT2D eigenvalue weighted by molar-refractivity contribution is -0.116. The van der Waals surface area contributed by atoms with Gasteiger partial charge in [-0.3, -0.25) is 9.10 Å². The summed E-state index contributed by atoms with van der Waals surface area (Å²) in [7, 11) is -2.18. The Kier molecular flexibility index (Phi) is 6.42. The first-order valence-corrected chi connectivity index (χ1v) is 10.0. The third kappa shape index (κ3) is 5.21. The molecule has 7 nitrogen and oxygen atoms in total. The molecule has 0 bridgehead atoms. The van der Waals surface area contributed by atoms with Gasteiger partial charge in [-0.15, -0.1) is 0 Å². The van der Waals surface area contributed by atoms with Gasteiger partial charge in [0.1, 0.15) is 11.8 Å². The highest BCUT2D eigenvalue weighted by Crippen LogP contribution is 2.24. The van der Waals surface area contributed by atoms with Crippen LogP contribution in [0.5, 0.6) is 5.75 Å². The van der Waals surface area contributed by atoms with Crippen LogP contribution in [0.25, 0.3) is 0 Å². The number of sulfonamides is 1. The summed E-state index contributed by atoms with van der Waals surface area (Å²) < 4.78 is 30.7. The molecular formula is C19H21N3O4S. The maximum Gasteiger partial charge on any atom is 0.247 e. The first-order valence-electron chi connectivity index (χ1n) is 8.16. The SMILES string of the molecule is COc1ccc(N([C@@H](C)C(=O)Nc2ccc(CC#N)cc2)S(C)(=O)=O)cc1. The van der Waals surface area contributed by atoms with Gasteiger partial charge in [-0.2, -0.15) is 5.26 Å². The normalized spacial score (nSPS) is 11.9. The van der Waals surface area contributed by atoms with Crippen molar-refractivity contribution in [2.24, 2.45) is 0 Å². The summed E-state index contributed by atoms with van der Waals surface area (Å²) in [5.74, 6) is 0.117. The predicted octanol–water partition coefficient (Wildman–Crippen LogP) is 2.55. The molecule has 0 spiro atoms. The molecule has 2 aromatic carbocycles. The molecule has 1 N–H and O–H groups in total. The number of carbonyl (C=O) groups is 1. The van der Waals surface area contributed by atoms with Crippen molar-refractivity contribution in [1.82, 2.24) is 0 Å². The number of rotatable bonds is 7. The number of hydrogen-bond acceptors (Lipinski definition) is 5. The minimum absolute atomic E-state index is 0.282. The molecule has 0 aliphatic carbocycles. The standard InChI is InChI=1S/C19H21N3O4S/c1-14(19(23)21-16-6-4-15(5-7-16)12-13-20)22(27(3,24)25)17-8-10-18(26-2)11-9-17/h4-11,14H,12H2,1-3H3,(H,21,23)/t14-/m0/s1. The van der Waals surface area contributed by atoms with Gasteiger partial charge in [0, 0.05) is 5.69 Å². The summed E-state index contributed by atoms with van der Waals surface area (Å²) in [5, 5.41) is 11.4. The number of amides is 1. The highest BCUT2D eigenvalue weighted by Gasteiger charge is 2.29. The summed E-state index contributed by atoms with van der Waals surface area (Å²) >= 11 is 0. The topological polar surface area (TPSA) is 99.5 Å². The molecule has 0 heterocycles. The number of methoxy groups -OCH3 is 1. The molecule has 0 aliphatic rings. The van der Waals surface area contributed by atoms with Crippen LogP contribution in [0.2, 0.25) is 0 Å². The average molecular weight is 387 g/mol. The maximum absolute atomic E-state index is 12.6. The lowest BCUT2D eigenvalue weighted by Crippen LogP contribution is -2.45. The summed E-state index contributed by atoms with van der Waals surface area (Å²) in [5.41, 5.74) is 1.72. The molecule has 0 fully saturated rings. The Hall–Kier alpha value is -3.05. The molecule has 27 heavy (non-hydrogen) atoms. The number of nitrogens with one attached hydrogen (secondary N) is 1. The van der Waals surface area contributed by atoms with Crippen molar-refractivity contribution in [3.8, 4) is 11.8 Å². The number of benzene rings is 2. The van der Waals surface area contributed by atoms with Crippen molar-refractivity contribution in [3.05, 3.63) is 54.1 Å². The fourth-order valence-corrected chi connectivity index (χ4v) is 3.76. The summed E-state index contributed by atoms with van der Waals surface area (Å²) in [6, 6.07) is 14.3. The Labute approximate surface area is 159 Å². The van der Waals surface area contributed by atoms with Crippen molar-refractivity contribution in [2.45, 2.75) is 19.4 Å². The van der Waals surface area contributed by atoms with E-state index in [2.05, 4.69) is 11.4 Å². The van der Waals surface area contributed by atoms with E-state index < -0.39 is 22.0 Å². The van der Waals surface area contributed by atoms with E-state index in [1.807, 2.05) is 0 Å². The molecule has 0 radical (unpaired) electrons. The molecule has 142 valence electrons. The number of ether oxygens (including phenoxy) is 1. The van der Waals surface area contributed by atoms with Gasteiger partial charge in [0.15, 0.2) is 0 Å². The van der Waals surface area contributed by atoms with E-state index in [-0.39, 0.29) is 6.42 Å². The van der Waals surface area contributed by atoms with Gasteiger partial charge >= 0.3 is 0 Å². The van der Waals surface area contributed by atoms with Crippen LogP contribution in [0.3, 0.4) is 0 Å². The van der Waals surface area contributed by atoms with Crippen LogP contribution >= 0.6 is 0 Å². The van der Waals surface area contributed by atoms with E-state index in [0.29, 0.717) is 17.1 Å². The van der Waals surface area contributed by atoms with Crippen LogP contribution < -0.4 is 14.4 Å². The molecule has 2 aromatic rings. The van der Waals surface area contributed by atoms with Gasteiger partial charge in [0.05, 0.1) is 31.5 Å². The van der Waals surface area contributed by atoms with E-state index >= 15 is 0 Å². The zero-order chi connectivity index (χ0) is 20.0.